The van der Waals surface area contributed by atoms with Gasteiger partial charge in [-0.25, -0.2) is 33.7 Å². The molecule has 2 N–H and O–H groups in total. The topological polar surface area (TPSA) is 177 Å². The Hall–Kier alpha value is -3.00. The molecule has 0 fully saturated rings. The summed E-state index contributed by atoms with van der Waals surface area (Å²) in [6, 6.07) is 9.78. The van der Waals surface area contributed by atoms with E-state index in [0.717, 1.165) is 28.7 Å². The number of phenols is 2. The predicted octanol–water partition coefficient (Wildman–Crippen LogP) is 6.35. The van der Waals surface area contributed by atoms with Crippen molar-refractivity contribution in [1.29, 1.82) is 0 Å². The number of phenolic OH excluding ortho intramolecular Hbond substituents is 2. The Bertz CT molecular complexity index is 1760. The molecule has 0 aliphatic heterocycles. The van der Waals surface area contributed by atoms with E-state index in [-0.39, 0.29) is 0 Å². The second-order valence-electron chi connectivity index (χ2n) is 10.2. The van der Waals surface area contributed by atoms with E-state index in [0.29, 0.717) is 11.5 Å². The molecule has 0 radical (unpaired) electrons. The van der Waals surface area contributed by atoms with Gasteiger partial charge in [0.15, 0.2) is 9.16 Å². The monoisotopic (exact) mass is 844 g/mol. The molecular formula is C25H28F12O10S4. The fourth-order valence-corrected chi connectivity index (χ4v) is 11.1. The van der Waals surface area contributed by atoms with Crippen LogP contribution in [-0.4, -0.2) is 75.1 Å². The zero-order valence-electron chi connectivity index (χ0n) is 26.3. The van der Waals surface area contributed by atoms with Gasteiger partial charge in [-0.2, -0.15) is 52.7 Å². The summed E-state index contributed by atoms with van der Waals surface area (Å²) in [7, 11) is -31.8. The highest BCUT2D eigenvalue weighted by Crippen LogP contribution is 2.44. The summed E-state index contributed by atoms with van der Waals surface area (Å²) in [5.74, 6) is 0.847. The summed E-state index contributed by atoms with van der Waals surface area (Å²) >= 11 is 0. The Morgan fingerprint density at radius 3 is 0.941 bits per heavy atom. The summed E-state index contributed by atoms with van der Waals surface area (Å²) in [6.45, 7) is 9.76. The van der Waals surface area contributed by atoms with Crippen molar-refractivity contribution in [2.75, 3.05) is 0 Å². The maximum absolute atomic E-state index is 12.6. The molecule has 0 saturated carbocycles. The van der Waals surface area contributed by atoms with Crippen LogP contribution >= 0.6 is 0 Å². The first-order chi connectivity index (χ1) is 22.3. The summed E-state index contributed by atoms with van der Waals surface area (Å²) in [5, 5.41) is 18.6. The van der Waals surface area contributed by atoms with Gasteiger partial charge < -0.3 is 10.2 Å². The zero-order valence-corrected chi connectivity index (χ0v) is 29.6. The van der Waals surface area contributed by atoms with Crippen molar-refractivity contribution in [3.8, 4) is 11.5 Å². The number of hydrogen-bond acceptors (Lipinski definition) is 10. The van der Waals surface area contributed by atoms with Crippen LogP contribution in [0, 0.1) is 27.7 Å². The molecule has 0 unspecified atom stereocenters. The van der Waals surface area contributed by atoms with Crippen molar-refractivity contribution in [2.45, 2.75) is 78.7 Å². The fourth-order valence-electron chi connectivity index (χ4n) is 3.65. The molecule has 0 saturated heterocycles. The van der Waals surface area contributed by atoms with Crippen LogP contribution in [0.25, 0.3) is 0 Å². The van der Waals surface area contributed by atoms with Gasteiger partial charge in [0.05, 0.1) is 0 Å². The van der Waals surface area contributed by atoms with Gasteiger partial charge in [0.25, 0.3) is 39.3 Å². The zero-order chi connectivity index (χ0) is 41.1. The Labute approximate surface area is 283 Å². The van der Waals surface area contributed by atoms with Crippen molar-refractivity contribution in [3.63, 3.8) is 0 Å². The quantitative estimate of drug-likeness (QED) is 0.299. The SMILES string of the molecule is CCc1cc(C)c(O)c(C)c1.Cc1cccc(C)c1O.O=S(=O)(C(CC(S(=O)(=O)C(F)(F)F)S(=O)(=O)C(F)(F)F)S(=O)(=O)C(F)(F)F)C(F)(F)F. The first kappa shape index (κ1) is 48.0. The number of aromatic hydroxyl groups is 2. The van der Waals surface area contributed by atoms with E-state index in [4.69, 9.17) is 0 Å². The fraction of sp³-hybridized carbons (Fsp3) is 0.520. The van der Waals surface area contributed by atoms with Gasteiger partial charge in [-0.3, -0.25) is 0 Å². The van der Waals surface area contributed by atoms with Crippen LogP contribution in [0.4, 0.5) is 52.7 Å². The molecule has 2 aromatic carbocycles. The Kier molecular flexibility index (Phi) is 15.0. The van der Waals surface area contributed by atoms with Gasteiger partial charge >= 0.3 is 22.0 Å². The first-order valence-electron chi connectivity index (χ1n) is 13.1. The van der Waals surface area contributed by atoms with Crippen LogP contribution in [0.2, 0.25) is 0 Å². The van der Waals surface area contributed by atoms with Crippen molar-refractivity contribution >= 4 is 39.3 Å². The summed E-state index contributed by atoms with van der Waals surface area (Å²) in [5.41, 5.74) is -23.4. The van der Waals surface area contributed by atoms with Crippen LogP contribution in [0.3, 0.4) is 0 Å². The lowest BCUT2D eigenvalue weighted by Gasteiger charge is -2.26. The molecule has 0 aliphatic rings. The number of benzene rings is 2. The normalized spacial score (nSPS) is 13.7. The Morgan fingerprint density at radius 1 is 0.510 bits per heavy atom. The minimum absolute atomic E-state index is 0.414. The number of alkyl halides is 12. The van der Waals surface area contributed by atoms with E-state index in [1.165, 1.54) is 5.56 Å². The molecule has 0 bridgehead atoms. The molecule has 0 aliphatic carbocycles. The van der Waals surface area contributed by atoms with Crippen LogP contribution in [0.1, 0.15) is 41.2 Å². The minimum Gasteiger partial charge on any atom is -0.507 e. The highest BCUT2D eigenvalue weighted by Gasteiger charge is 2.69. The standard InChI is InChI=1S/C10H14O.C8H10O.C7H4F12O8S4/c1-4-9-5-7(2)10(11)8(3)6-9;1-6-4-3-5-7(2)8(6)9;8-4(9,10)28(20,21)2(29(22,23)5(11,12)13)1-3(30(24,25)6(14,15)16)31(26,27)7(17,18)19/h5-6,11H,4H2,1-3H3;3-5,9H,1-2H3;2-3H,1H2. The highest BCUT2D eigenvalue weighted by atomic mass is 32.3. The number of hydrogen-bond donors (Lipinski definition) is 2. The number of rotatable bonds is 7. The van der Waals surface area contributed by atoms with Gasteiger partial charge in [-0.1, -0.05) is 37.3 Å². The Balaban J connectivity index is 0.000000995. The number of aryl methyl sites for hydroxylation is 5. The molecule has 0 atom stereocenters. The van der Waals surface area contributed by atoms with Crippen LogP contribution in [0.15, 0.2) is 30.3 Å². The van der Waals surface area contributed by atoms with E-state index >= 15 is 0 Å². The predicted molar refractivity (Wildman–Crippen MR) is 157 cm³/mol. The molecular weight excluding hydrogens is 817 g/mol. The van der Waals surface area contributed by atoms with Gasteiger partial charge in [0.1, 0.15) is 11.5 Å². The van der Waals surface area contributed by atoms with Gasteiger partial charge in [0, 0.05) is 6.42 Å². The lowest BCUT2D eigenvalue weighted by Crippen LogP contribution is -2.52. The third-order valence-electron chi connectivity index (χ3n) is 6.46. The van der Waals surface area contributed by atoms with E-state index in [1.54, 1.807) is 0 Å². The molecule has 0 amide bonds. The highest BCUT2D eigenvalue weighted by molar-refractivity contribution is 8.11. The average Bonchev–Trinajstić information content (AvgIpc) is 2.92. The largest absolute Gasteiger partial charge is 0.507 e. The second kappa shape index (κ2) is 15.9. The van der Waals surface area contributed by atoms with Gasteiger partial charge in [0.2, 0.25) is 0 Å². The minimum atomic E-state index is -7.96. The maximum atomic E-state index is 12.6. The lowest BCUT2D eigenvalue weighted by molar-refractivity contribution is -0.0475. The van der Waals surface area contributed by atoms with E-state index in [1.807, 2.05) is 58.0 Å². The van der Waals surface area contributed by atoms with Crippen molar-refractivity contribution < 1.29 is 96.6 Å². The van der Waals surface area contributed by atoms with Crippen LogP contribution < -0.4 is 0 Å². The average molecular weight is 845 g/mol. The molecule has 0 aromatic heterocycles. The molecule has 10 nitrogen and oxygen atoms in total. The molecule has 51 heavy (non-hydrogen) atoms. The van der Waals surface area contributed by atoms with E-state index in [2.05, 4.69) is 6.92 Å². The number of para-hydroxylation sites is 1. The van der Waals surface area contributed by atoms with E-state index in [9.17, 15) is 96.6 Å². The number of sulfone groups is 4. The smallest absolute Gasteiger partial charge is 0.498 e. The molecule has 296 valence electrons. The molecule has 2 rings (SSSR count). The van der Waals surface area contributed by atoms with Gasteiger partial charge in [-0.15, -0.1) is 0 Å². The third kappa shape index (κ3) is 11.0. The molecule has 26 heteroatoms. The Morgan fingerprint density at radius 2 is 0.745 bits per heavy atom. The van der Waals surface area contributed by atoms with Crippen molar-refractivity contribution in [3.05, 3.63) is 58.1 Å². The van der Waals surface area contributed by atoms with Crippen LogP contribution in [0.5, 0.6) is 11.5 Å². The molecule has 0 heterocycles. The summed E-state index contributed by atoms with van der Waals surface area (Å²) in [4.78, 5) is 0. The van der Waals surface area contributed by atoms with Crippen molar-refractivity contribution in [2.24, 2.45) is 0 Å². The molecule has 0 spiro atoms. The lowest BCUT2D eigenvalue weighted by atomic mass is 10.0. The van der Waals surface area contributed by atoms with E-state index < -0.39 is 77.0 Å². The summed E-state index contributed by atoms with van der Waals surface area (Å²) < 4.78 is 229. The van der Waals surface area contributed by atoms with Crippen molar-refractivity contribution in [1.82, 2.24) is 0 Å². The summed E-state index contributed by atoms with van der Waals surface area (Å²) in [6.07, 6.45) is -2.94. The number of halogens is 12. The second-order valence-corrected chi connectivity index (χ2v) is 19.3. The third-order valence-corrected chi connectivity index (χ3v) is 15.6. The van der Waals surface area contributed by atoms with Crippen LogP contribution in [-0.2, 0) is 45.8 Å². The first-order valence-corrected chi connectivity index (χ1v) is 19.3. The van der Waals surface area contributed by atoms with Gasteiger partial charge in [-0.05, 0) is 61.9 Å². The maximum Gasteiger partial charge on any atom is 0.498 e. The molecule has 2 aromatic rings.